The minimum absolute atomic E-state index is 0.00682. The van der Waals surface area contributed by atoms with Crippen molar-refractivity contribution in [2.24, 2.45) is 0 Å². The standard InChI is InChI=1S/C70H74ClN3OS/c1-66(2,3)45-26-33-50(34-27-45)72(51-35-28-46(29-36-51)67(4,5)6)53-20-18-21-54(43-53)74(58-24-19-23-56-55-22-16-17-25-62(55)75-65(56)58)60-42-49(70(13,14)15)41-59(64(60)71)73(52-37-30-47(31-38-52)68(7,8)9)61-44-76-63-39-32-48(40-57(61)63)69(10,11)12/h16-44H,1-15H3. The quantitative estimate of drug-likeness (QED) is 0.144. The number of anilines is 9. The highest BCUT2D eigenvalue weighted by Crippen LogP contribution is 2.53. The van der Waals surface area contributed by atoms with Gasteiger partial charge in [0.2, 0.25) is 0 Å². The van der Waals surface area contributed by atoms with Crippen LogP contribution in [0.1, 0.15) is 132 Å². The van der Waals surface area contributed by atoms with Gasteiger partial charge >= 0.3 is 0 Å². The Morgan fingerprint density at radius 3 is 1.29 bits per heavy atom. The van der Waals surface area contributed by atoms with Gasteiger partial charge in [-0.05, 0) is 146 Å². The monoisotopic (exact) mass is 1040 g/mol. The van der Waals surface area contributed by atoms with Crippen LogP contribution in [0.5, 0.6) is 0 Å². The Morgan fingerprint density at radius 1 is 0.342 bits per heavy atom. The van der Waals surface area contributed by atoms with Crippen molar-refractivity contribution in [1.29, 1.82) is 0 Å². The number of furan rings is 1. The molecule has 0 radical (unpaired) electrons. The van der Waals surface area contributed by atoms with Gasteiger partial charge in [-0.2, -0.15) is 0 Å². The van der Waals surface area contributed by atoms with Gasteiger partial charge in [0.25, 0.3) is 0 Å². The van der Waals surface area contributed by atoms with Gasteiger partial charge in [-0.25, -0.2) is 0 Å². The molecule has 0 spiro atoms. The summed E-state index contributed by atoms with van der Waals surface area (Å²) in [6.45, 7) is 34.2. The summed E-state index contributed by atoms with van der Waals surface area (Å²) >= 11 is 10.1. The first kappa shape index (κ1) is 52.6. The molecule has 2 heterocycles. The van der Waals surface area contributed by atoms with Crippen LogP contribution in [0.2, 0.25) is 5.02 Å². The normalized spacial score (nSPS) is 12.7. The summed E-state index contributed by atoms with van der Waals surface area (Å²) < 4.78 is 8.19. The molecule has 10 aromatic rings. The predicted molar refractivity (Wildman–Crippen MR) is 332 cm³/mol. The molecule has 0 saturated carbocycles. The van der Waals surface area contributed by atoms with Crippen LogP contribution in [0.4, 0.5) is 51.2 Å². The molecule has 0 aliphatic rings. The highest BCUT2D eigenvalue weighted by Gasteiger charge is 2.31. The molecule has 0 N–H and O–H groups in total. The lowest BCUT2D eigenvalue weighted by Gasteiger charge is -2.34. The SMILES string of the molecule is CC(C)(C)c1ccc(N(c2ccc(C(C)(C)C)cc2)c2cccc(N(c3cc(C(C)(C)C)cc(N(c4ccc(C(C)(C)C)cc4)c4csc5ccc(C(C)(C)C)cc45)c3Cl)c3cccc4c3oc3ccccc34)c2)cc1. The van der Waals surface area contributed by atoms with E-state index < -0.39 is 0 Å². The van der Waals surface area contributed by atoms with Crippen molar-refractivity contribution >= 4 is 106 Å². The smallest absolute Gasteiger partial charge is 0.159 e. The van der Waals surface area contributed by atoms with E-state index in [-0.39, 0.29) is 27.1 Å². The fourth-order valence-electron chi connectivity index (χ4n) is 10.3. The first-order chi connectivity index (χ1) is 35.8. The summed E-state index contributed by atoms with van der Waals surface area (Å²) in [6.07, 6.45) is 0. The molecule has 0 bridgehead atoms. The fraction of sp³-hybridized carbons (Fsp3) is 0.286. The van der Waals surface area contributed by atoms with Crippen molar-refractivity contribution in [1.82, 2.24) is 0 Å². The maximum absolute atomic E-state index is 8.35. The largest absolute Gasteiger partial charge is 0.454 e. The van der Waals surface area contributed by atoms with E-state index in [1.54, 1.807) is 11.3 Å². The number of halogens is 1. The lowest BCUT2D eigenvalue weighted by Crippen LogP contribution is -2.19. The molecule has 0 unspecified atom stereocenters. The molecule has 388 valence electrons. The molecule has 0 aliphatic heterocycles. The maximum Gasteiger partial charge on any atom is 0.159 e. The van der Waals surface area contributed by atoms with Gasteiger partial charge in [0, 0.05) is 54.7 Å². The van der Waals surface area contributed by atoms with Crippen LogP contribution in [0.15, 0.2) is 180 Å². The van der Waals surface area contributed by atoms with Crippen LogP contribution in [0, 0.1) is 0 Å². The van der Waals surface area contributed by atoms with Crippen molar-refractivity contribution in [3.05, 3.63) is 208 Å². The van der Waals surface area contributed by atoms with Crippen LogP contribution in [-0.4, -0.2) is 0 Å². The second-order valence-corrected chi connectivity index (χ2v) is 27.1. The minimum atomic E-state index is -0.278. The van der Waals surface area contributed by atoms with Gasteiger partial charge in [-0.3, -0.25) is 0 Å². The van der Waals surface area contributed by atoms with Crippen molar-refractivity contribution in [2.75, 3.05) is 14.7 Å². The predicted octanol–water partition coefficient (Wildman–Crippen LogP) is 22.4. The Labute approximate surface area is 461 Å². The number of rotatable bonds is 9. The zero-order chi connectivity index (χ0) is 54.3. The Balaban J connectivity index is 1.26. The molecule has 0 aliphatic carbocycles. The number of benzene rings is 8. The topological polar surface area (TPSA) is 22.9 Å². The third-order valence-corrected chi connectivity index (χ3v) is 16.3. The van der Waals surface area contributed by atoms with E-state index in [0.29, 0.717) is 5.02 Å². The molecular formula is C70H74ClN3OS. The van der Waals surface area contributed by atoms with E-state index in [1.807, 2.05) is 6.07 Å². The van der Waals surface area contributed by atoms with Gasteiger partial charge in [-0.15, -0.1) is 11.3 Å². The molecule has 6 heteroatoms. The summed E-state index contributed by atoms with van der Waals surface area (Å²) in [5.74, 6) is 0. The Kier molecular flexibility index (Phi) is 13.4. The second-order valence-electron chi connectivity index (χ2n) is 25.8. The zero-order valence-corrected chi connectivity index (χ0v) is 48.9. The number of para-hydroxylation sites is 2. The molecule has 0 atom stereocenters. The average molecular weight is 1040 g/mol. The van der Waals surface area contributed by atoms with E-state index in [9.17, 15) is 0 Å². The van der Waals surface area contributed by atoms with Crippen molar-refractivity contribution in [2.45, 2.75) is 131 Å². The van der Waals surface area contributed by atoms with Gasteiger partial charge in [0.15, 0.2) is 5.58 Å². The second kappa shape index (κ2) is 19.3. The van der Waals surface area contributed by atoms with Crippen molar-refractivity contribution in [3.8, 4) is 0 Å². The first-order valence-corrected chi connectivity index (χ1v) is 28.1. The van der Waals surface area contributed by atoms with E-state index >= 15 is 0 Å². The zero-order valence-electron chi connectivity index (χ0n) is 47.3. The van der Waals surface area contributed by atoms with E-state index in [2.05, 4.69) is 288 Å². The summed E-state index contributed by atoms with van der Waals surface area (Å²) in [7, 11) is 0. The molecule has 0 fully saturated rings. The Bertz CT molecular complexity index is 3680. The first-order valence-electron chi connectivity index (χ1n) is 26.8. The molecular weight excluding hydrogens is 966 g/mol. The highest BCUT2D eigenvalue weighted by molar-refractivity contribution is 7.17. The molecule has 76 heavy (non-hydrogen) atoms. The van der Waals surface area contributed by atoms with Crippen molar-refractivity contribution < 1.29 is 4.42 Å². The summed E-state index contributed by atoms with van der Waals surface area (Å²) in [5, 5.41) is 6.22. The molecule has 4 nitrogen and oxygen atoms in total. The average Bonchev–Trinajstić information content (AvgIpc) is 4.00. The number of hydrogen-bond donors (Lipinski definition) is 0. The van der Waals surface area contributed by atoms with Gasteiger partial charge in [0.1, 0.15) is 5.58 Å². The van der Waals surface area contributed by atoms with Crippen LogP contribution in [0.3, 0.4) is 0 Å². The van der Waals surface area contributed by atoms with Gasteiger partial charge in [0.05, 0.1) is 27.8 Å². The molecule has 2 aromatic heterocycles. The number of hydrogen-bond acceptors (Lipinski definition) is 5. The maximum atomic E-state index is 8.35. The van der Waals surface area contributed by atoms with Crippen LogP contribution in [-0.2, 0) is 27.1 Å². The van der Waals surface area contributed by atoms with Crippen molar-refractivity contribution in [3.63, 3.8) is 0 Å². The minimum Gasteiger partial charge on any atom is -0.454 e. The summed E-state index contributed by atoms with van der Waals surface area (Å²) in [6, 6.07) is 62.5. The van der Waals surface area contributed by atoms with Gasteiger partial charge in [-0.1, -0.05) is 194 Å². The van der Waals surface area contributed by atoms with E-state index in [1.165, 1.54) is 32.3 Å². The third kappa shape index (κ3) is 10.2. The van der Waals surface area contributed by atoms with Crippen LogP contribution >= 0.6 is 22.9 Å². The van der Waals surface area contributed by atoms with Gasteiger partial charge < -0.3 is 19.1 Å². The summed E-state index contributed by atoms with van der Waals surface area (Å²) in [4.78, 5) is 7.11. The summed E-state index contributed by atoms with van der Waals surface area (Å²) in [5.41, 5.74) is 16.4. The number of fused-ring (bicyclic) bond motifs is 4. The highest BCUT2D eigenvalue weighted by atomic mass is 35.5. The Hall–Kier alpha value is -6.79. The fourth-order valence-corrected chi connectivity index (χ4v) is 11.5. The molecule has 8 aromatic carbocycles. The molecule has 0 saturated heterocycles. The van der Waals surface area contributed by atoms with E-state index in [4.69, 9.17) is 16.0 Å². The number of nitrogens with zero attached hydrogens (tertiary/aromatic N) is 3. The lowest BCUT2D eigenvalue weighted by molar-refractivity contribution is 0.590. The number of thiophene rings is 1. The lowest BCUT2D eigenvalue weighted by atomic mass is 9.85. The molecule has 10 rings (SSSR count). The molecule has 0 amide bonds. The van der Waals surface area contributed by atoms with Crippen LogP contribution in [0.25, 0.3) is 32.0 Å². The Morgan fingerprint density at radius 2 is 0.776 bits per heavy atom. The van der Waals surface area contributed by atoms with Crippen LogP contribution < -0.4 is 14.7 Å². The third-order valence-electron chi connectivity index (χ3n) is 15.0. The van der Waals surface area contributed by atoms with E-state index in [0.717, 1.165) is 78.7 Å².